The van der Waals surface area contributed by atoms with Crippen molar-refractivity contribution in [2.24, 2.45) is 11.8 Å². The highest BCUT2D eigenvalue weighted by atomic mass is 32.2. The van der Waals surface area contributed by atoms with Crippen molar-refractivity contribution in [3.63, 3.8) is 0 Å². The fourth-order valence-corrected chi connectivity index (χ4v) is 6.28. The zero-order valence-electron chi connectivity index (χ0n) is 21.4. The van der Waals surface area contributed by atoms with Crippen LogP contribution in [-0.4, -0.2) is 62.7 Å². The van der Waals surface area contributed by atoms with Gasteiger partial charge in [0.05, 0.1) is 16.2 Å². The number of ether oxygens (including phenoxy) is 1. The number of non-ortho nitro benzene ring substituents is 1. The van der Waals surface area contributed by atoms with Crippen LogP contribution in [0.5, 0.6) is 0 Å². The average molecular weight is 570 g/mol. The van der Waals surface area contributed by atoms with Crippen LogP contribution in [0.3, 0.4) is 0 Å². The minimum absolute atomic E-state index is 0.0339. The molecular formula is C27H27N3O7S2. The first kappa shape index (κ1) is 28.4. The number of thiocarbonyl (C=S) groups is 1. The fraction of sp³-hybridized carbons (Fsp3) is 0.370. The predicted molar refractivity (Wildman–Crippen MR) is 150 cm³/mol. The number of carbonyl (C=O) groups is 4. The number of benzene rings is 2. The van der Waals surface area contributed by atoms with Crippen LogP contribution < -0.4 is 4.90 Å². The number of likely N-dealkylation sites (tertiary alicyclic amines) is 1. The number of amides is 2. The first-order valence-corrected chi connectivity index (χ1v) is 13.7. The molecule has 0 unspecified atom stereocenters. The topological polar surface area (TPSA) is 127 Å². The quantitative estimate of drug-likeness (QED) is 0.119. The summed E-state index contributed by atoms with van der Waals surface area (Å²) in [6, 6.07) is 10.9. The van der Waals surface area contributed by atoms with Crippen molar-refractivity contribution in [2.75, 3.05) is 24.6 Å². The Hall–Kier alpha value is -3.64. The number of carbonyl (C=O) groups excluding carboxylic acids is 4. The number of rotatable bonds is 7. The molecule has 2 fully saturated rings. The molecule has 4 rings (SSSR count). The van der Waals surface area contributed by atoms with Gasteiger partial charge >= 0.3 is 5.97 Å². The molecule has 2 aliphatic heterocycles. The van der Waals surface area contributed by atoms with Crippen LogP contribution in [0, 0.1) is 22.0 Å². The predicted octanol–water partition coefficient (Wildman–Crippen LogP) is 4.26. The van der Waals surface area contributed by atoms with Crippen LogP contribution in [0.25, 0.3) is 0 Å². The van der Waals surface area contributed by atoms with Crippen LogP contribution in [-0.2, 0) is 14.3 Å². The summed E-state index contributed by atoms with van der Waals surface area (Å²) in [7, 11) is 0. The summed E-state index contributed by atoms with van der Waals surface area (Å²) in [4.78, 5) is 64.0. The SMILES string of the molecule is C[C@@H]1C[C@@H](C)CN(C(=S)S[C@H]2CC(=O)N(c3ccc(C(=O)OCC(=O)c4cccc([N+](=O)[O-])c4)cc3)C2=O)C1. The van der Waals surface area contributed by atoms with Crippen molar-refractivity contribution in [1.29, 1.82) is 0 Å². The number of hydrogen-bond donors (Lipinski definition) is 0. The van der Waals surface area contributed by atoms with Crippen LogP contribution in [0.4, 0.5) is 11.4 Å². The van der Waals surface area contributed by atoms with E-state index in [0.29, 0.717) is 21.8 Å². The van der Waals surface area contributed by atoms with E-state index in [1.807, 2.05) is 0 Å². The Balaban J connectivity index is 1.34. The van der Waals surface area contributed by atoms with E-state index in [4.69, 9.17) is 17.0 Å². The summed E-state index contributed by atoms with van der Waals surface area (Å²) >= 11 is 6.85. The van der Waals surface area contributed by atoms with Crippen molar-refractivity contribution in [3.05, 3.63) is 69.8 Å². The molecule has 0 radical (unpaired) electrons. The third-order valence-corrected chi connectivity index (χ3v) is 8.21. The molecule has 2 heterocycles. The molecule has 2 aliphatic rings. The number of nitrogens with zero attached hydrogens (tertiary/aromatic N) is 3. The van der Waals surface area contributed by atoms with Crippen molar-refractivity contribution >= 4 is 63.2 Å². The molecule has 0 N–H and O–H groups in total. The van der Waals surface area contributed by atoms with E-state index in [-0.39, 0.29) is 35.0 Å². The van der Waals surface area contributed by atoms with E-state index in [0.717, 1.165) is 30.5 Å². The Bertz CT molecular complexity index is 1320. The Morgan fingerprint density at radius 1 is 1.08 bits per heavy atom. The summed E-state index contributed by atoms with van der Waals surface area (Å²) in [6.07, 6.45) is 1.17. The van der Waals surface area contributed by atoms with Gasteiger partial charge in [0.1, 0.15) is 9.57 Å². The second-order valence-corrected chi connectivity index (χ2v) is 11.7. The van der Waals surface area contributed by atoms with Gasteiger partial charge in [-0.3, -0.25) is 24.5 Å². The monoisotopic (exact) mass is 569 g/mol. The van der Waals surface area contributed by atoms with E-state index in [1.54, 1.807) is 0 Å². The number of Topliss-reactive ketones (excluding diaryl/α,β-unsaturated/α-hetero) is 1. The largest absolute Gasteiger partial charge is 0.454 e. The first-order chi connectivity index (χ1) is 18.5. The minimum Gasteiger partial charge on any atom is -0.454 e. The van der Waals surface area contributed by atoms with E-state index in [1.165, 1.54) is 54.2 Å². The molecule has 2 saturated heterocycles. The first-order valence-electron chi connectivity index (χ1n) is 12.4. The molecule has 0 spiro atoms. The lowest BCUT2D eigenvalue weighted by molar-refractivity contribution is -0.384. The second-order valence-electron chi connectivity index (χ2n) is 9.85. The van der Waals surface area contributed by atoms with Crippen LogP contribution in [0.2, 0.25) is 0 Å². The third-order valence-electron chi connectivity index (χ3n) is 6.55. The molecule has 2 amide bonds. The highest BCUT2D eigenvalue weighted by molar-refractivity contribution is 8.23. The zero-order chi connectivity index (χ0) is 28.3. The van der Waals surface area contributed by atoms with E-state index >= 15 is 0 Å². The third kappa shape index (κ3) is 6.69. The van der Waals surface area contributed by atoms with Crippen molar-refractivity contribution < 1.29 is 28.8 Å². The number of anilines is 1. The Morgan fingerprint density at radius 3 is 2.38 bits per heavy atom. The molecule has 0 bridgehead atoms. The number of nitro benzene ring substituents is 1. The number of nitro groups is 1. The Kier molecular flexibility index (Phi) is 8.76. The minimum atomic E-state index is -0.789. The van der Waals surface area contributed by atoms with Gasteiger partial charge in [0.2, 0.25) is 17.6 Å². The maximum atomic E-state index is 13.1. The Morgan fingerprint density at radius 2 is 1.74 bits per heavy atom. The standard InChI is InChI=1S/C27H27N3O7S2/c1-16-10-17(2)14-28(13-16)27(38)39-23-12-24(32)29(25(23)33)20-8-6-18(7-9-20)26(34)37-15-22(31)19-4-3-5-21(11-19)30(35)36/h3-9,11,16-17,23H,10,12-15H2,1-2H3/t16-,17-,23+/m1/s1. The van der Waals surface area contributed by atoms with Gasteiger partial charge in [-0.1, -0.05) is 50.0 Å². The van der Waals surface area contributed by atoms with Crippen LogP contribution in [0.15, 0.2) is 48.5 Å². The fourth-order valence-electron chi connectivity index (χ4n) is 4.81. The molecule has 0 aliphatic carbocycles. The van der Waals surface area contributed by atoms with Gasteiger partial charge in [-0.15, -0.1) is 0 Å². The summed E-state index contributed by atoms with van der Waals surface area (Å²) in [5.41, 5.74) is 0.245. The Labute approximate surface area is 234 Å². The summed E-state index contributed by atoms with van der Waals surface area (Å²) in [5.74, 6) is -1.07. The van der Waals surface area contributed by atoms with E-state index < -0.39 is 28.5 Å². The lowest BCUT2D eigenvalue weighted by atomic mass is 9.92. The summed E-state index contributed by atoms with van der Waals surface area (Å²) in [6.45, 7) is 5.43. The average Bonchev–Trinajstić information content (AvgIpc) is 3.18. The smallest absolute Gasteiger partial charge is 0.338 e. The number of ketones is 1. The highest BCUT2D eigenvalue weighted by Crippen LogP contribution is 2.33. The maximum absolute atomic E-state index is 13.1. The van der Waals surface area contributed by atoms with Gasteiger partial charge in [-0.2, -0.15) is 0 Å². The number of piperidine rings is 1. The second kappa shape index (κ2) is 12.0. The molecule has 3 atom stereocenters. The molecule has 2 aromatic carbocycles. The van der Waals surface area contributed by atoms with Crippen molar-refractivity contribution in [2.45, 2.75) is 31.9 Å². The van der Waals surface area contributed by atoms with Gasteiger partial charge in [0.15, 0.2) is 6.61 Å². The van der Waals surface area contributed by atoms with Gasteiger partial charge < -0.3 is 9.64 Å². The number of hydrogen-bond acceptors (Lipinski definition) is 9. The maximum Gasteiger partial charge on any atom is 0.338 e. The summed E-state index contributed by atoms with van der Waals surface area (Å²) < 4.78 is 5.68. The van der Waals surface area contributed by atoms with E-state index in [2.05, 4.69) is 18.7 Å². The highest BCUT2D eigenvalue weighted by Gasteiger charge is 2.41. The molecule has 2 aromatic rings. The van der Waals surface area contributed by atoms with Gasteiger partial charge in [0.25, 0.3) is 5.69 Å². The van der Waals surface area contributed by atoms with Crippen LogP contribution in [0.1, 0.15) is 47.4 Å². The normalized spacial score (nSPS) is 21.1. The molecular weight excluding hydrogens is 542 g/mol. The molecule has 204 valence electrons. The van der Waals surface area contributed by atoms with Crippen molar-refractivity contribution in [3.8, 4) is 0 Å². The van der Waals surface area contributed by atoms with Gasteiger partial charge in [0, 0.05) is 37.2 Å². The summed E-state index contributed by atoms with van der Waals surface area (Å²) in [5, 5.41) is 10.3. The molecule has 0 aromatic heterocycles. The molecule has 39 heavy (non-hydrogen) atoms. The zero-order valence-corrected chi connectivity index (χ0v) is 23.0. The van der Waals surface area contributed by atoms with Crippen LogP contribution >= 0.6 is 24.0 Å². The number of esters is 1. The lowest BCUT2D eigenvalue weighted by Gasteiger charge is -2.36. The molecule has 0 saturated carbocycles. The molecule has 10 nitrogen and oxygen atoms in total. The van der Waals surface area contributed by atoms with E-state index in [9.17, 15) is 29.3 Å². The molecule has 12 heteroatoms. The van der Waals surface area contributed by atoms with Gasteiger partial charge in [-0.25, -0.2) is 9.69 Å². The lowest BCUT2D eigenvalue weighted by Crippen LogP contribution is -2.41. The van der Waals surface area contributed by atoms with Gasteiger partial charge in [-0.05, 0) is 42.5 Å². The van der Waals surface area contributed by atoms with Crippen molar-refractivity contribution in [1.82, 2.24) is 4.90 Å². The number of imide groups is 1. The number of thioether (sulfide) groups is 1.